The zero-order valence-corrected chi connectivity index (χ0v) is 11.6. The summed E-state index contributed by atoms with van der Waals surface area (Å²) < 4.78 is 11.2. The van der Waals surface area contributed by atoms with Gasteiger partial charge in [0, 0.05) is 54.5 Å². The van der Waals surface area contributed by atoms with Crippen molar-refractivity contribution in [1.29, 1.82) is 0 Å². The largest absolute Gasteiger partial charge is 0.313 e. The summed E-state index contributed by atoms with van der Waals surface area (Å²) >= 11 is 0. The Labute approximate surface area is 108 Å². The Morgan fingerprint density at radius 3 is 2.35 bits per heavy atom. The maximum atomic E-state index is 11.2. The van der Waals surface area contributed by atoms with Crippen LogP contribution < -0.4 is 5.32 Å². The molecule has 0 radical (unpaired) electrons. The molecule has 0 amide bonds. The molecule has 0 bridgehead atoms. The van der Waals surface area contributed by atoms with Crippen molar-refractivity contribution in [2.45, 2.75) is 44.6 Å². The Bertz CT molecular complexity index is 230. The van der Waals surface area contributed by atoms with E-state index >= 15 is 0 Å². The van der Waals surface area contributed by atoms with E-state index in [-0.39, 0.29) is 0 Å². The van der Waals surface area contributed by atoms with Crippen molar-refractivity contribution in [2.24, 2.45) is 0 Å². The van der Waals surface area contributed by atoms with Crippen molar-refractivity contribution in [2.75, 3.05) is 37.7 Å². The van der Waals surface area contributed by atoms with Gasteiger partial charge in [-0.2, -0.15) is 0 Å². The zero-order valence-electron chi connectivity index (χ0n) is 10.8. The highest BCUT2D eigenvalue weighted by Gasteiger charge is 2.15. The minimum Gasteiger partial charge on any atom is -0.313 e. The molecule has 2 rings (SSSR count). The van der Waals surface area contributed by atoms with E-state index in [1.165, 1.54) is 38.5 Å². The van der Waals surface area contributed by atoms with Gasteiger partial charge in [0.2, 0.25) is 0 Å². The highest BCUT2D eigenvalue weighted by molar-refractivity contribution is 7.85. The van der Waals surface area contributed by atoms with Crippen LogP contribution in [-0.2, 0) is 10.8 Å². The first-order chi connectivity index (χ1) is 8.34. The van der Waals surface area contributed by atoms with Crippen molar-refractivity contribution in [1.82, 2.24) is 10.2 Å². The van der Waals surface area contributed by atoms with Crippen LogP contribution in [0.5, 0.6) is 0 Å². The van der Waals surface area contributed by atoms with Gasteiger partial charge in [-0.05, 0) is 12.8 Å². The summed E-state index contributed by atoms with van der Waals surface area (Å²) in [6, 6.07) is 0.761. The van der Waals surface area contributed by atoms with Crippen molar-refractivity contribution in [3.05, 3.63) is 0 Å². The van der Waals surface area contributed by atoms with Crippen molar-refractivity contribution in [3.8, 4) is 0 Å². The minimum atomic E-state index is -0.535. The summed E-state index contributed by atoms with van der Waals surface area (Å²) in [5.74, 6) is 1.76. The molecular formula is C13H26N2OS. The maximum Gasteiger partial charge on any atom is 0.0363 e. The average Bonchev–Trinajstić information content (AvgIpc) is 2.60. The molecule has 0 spiro atoms. The third-order valence-corrected chi connectivity index (χ3v) is 5.26. The van der Waals surface area contributed by atoms with Crippen LogP contribution in [-0.4, -0.2) is 52.8 Å². The average molecular weight is 258 g/mol. The normalized spacial score (nSPS) is 25.9. The lowest BCUT2D eigenvalue weighted by Crippen LogP contribution is -2.43. The molecule has 4 heteroatoms. The van der Waals surface area contributed by atoms with Gasteiger partial charge in [-0.3, -0.25) is 4.21 Å². The van der Waals surface area contributed by atoms with E-state index in [0.29, 0.717) is 0 Å². The fourth-order valence-corrected chi connectivity index (χ4v) is 3.94. The summed E-state index contributed by atoms with van der Waals surface area (Å²) in [7, 11) is -0.535. The Hall–Kier alpha value is 0.0700. The second-order valence-electron chi connectivity index (χ2n) is 5.33. The summed E-state index contributed by atoms with van der Waals surface area (Å²) in [6.45, 7) is 4.29. The lowest BCUT2D eigenvalue weighted by Gasteiger charge is -2.27. The number of rotatable bonds is 4. The van der Waals surface area contributed by atoms with Crippen LogP contribution in [0.3, 0.4) is 0 Å². The van der Waals surface area contributed by atoms with Gasteiger partial charge >= 0.3 is 0 Å². The molecule has 100 valence electrons. The fraction of sp³-hybridized carbons (Fsp3) is 1.00. The molecule has 1 N–H and O–H groups in total. The molecule has 1 aliphatic carbocycles. The second kappa shape index (κ2) is 7.49. The van der Waals surface area contributed by atoms with Crippen molar-refractivity contribution in [3.63, 3.8) is 0 Å². The Balaban J connectivity index is 1.57. The van der Waals surface area contributed by atoms with Gasteiger partial charge in [0.15, 0.2) is 0 Å². The number of hydrogen-bond donors (Lipinski definition) is 1. The van der Waals surface area contributed by atoms with Gasteiger partial charge in [0.1, 0.15) is 0 Å². The molecule has 2 aliphatic rings. The molecular weight excluding hydrogens is 232 g/mol. The van der Waals surface area contributed by atoms with E-state index in [1.807, 2.05) is 0 Å². The highest BCUT2D eigenvalue weighted by Crippen LogP contribution is 2.16. The fourth-order valence-electron chi connectivity index (χ4n) is 2.81. The monoisotopic (exact) mass is 258 g/mol. The topological polar surface area (TPSA) is 32.3 Å². The van der Waals surface area contributed by atoms with Gasteiger partial charge in [-0.25, -0.2) is 0 Å². The van der Waals surface area contributed by atoms with Gasteiger partial charge < -0.3 is 10.2 Å². The minimum absolute atomic E-state index is 0.535. The van der Waals surface area contributed by atoms with Gasteiger partial charge in [-0.1, -0.05) is 25.7 Å². The maximum absolute atomic E-state index is 11.2. The van der Waals surface area contributed by atoms with E-state index in [1.54, 1.807) is 0 Å². The summed E-state index contributed by atoms with van der Waals surface area (Å²) in [5.41, 5.74) is 0. The molecule has 0 aromatic rings. The summed E-state index contributed by atoms with van der Waals surface area (Å²) in [4.78, 5) is 2.45. The Kier molecular flexibility index (Phi) is 5.95. The molecule has 0 aromatic heterocycles. The molecule has 1 saturated heterocycles. The predicted molar refractivity (Wildman–Crippen MR) is 73.8 cm³/mol. The number of nitrogens with zero attached hydrogens (tertiary/aromatic N) is 1. The van der Waals surface area contributed by atoms with Crippen molar-refractivity contribution >= 4 is 10.8 Å². The van der Waals surface area contributed by atoms with E-state index in [2.05, 4.69) is 10.2 Å². The molecule has 0 unspecified atom stereocenters. The quantitative estimate of drug-likeness (QED) is 0.773. The first-order valence-electron chi connectivity index (χ1n) is 7.15. The van der Waals surface area contributed by atoms with E-state index < -0.39 is 10.8 Å². The second-order valence-corrected chi connectivity index (χ2v) is 7.03. The van der Waals surface area contributed by atoms with Crippen LogP contribution >= 0.6 is 0 Å². The standard InChI is InChI=1S/C13H26N2OS/c16-17-11-9-15(10-12-17)8-7-14-13-5-3-1-2-4-6-13/h13-14H,1-12H2. The number of hydrogen-bond acceptors (Lipinski definition) is 3. The lowest BCUT2D eigenvalue weighted by atomic mass is 10.1. The van der Waals surface area contributed by atoms with Crippen LogP contribution in [0.25, 0.3) is 0 Å². The first-order valence-corrected chi connectivity index (χ1v) is 8.64. The van der Waals surface area contributed by atoms with Crippen LogP contribution in [0.4, 0.5) is 0 Å². The van der Waals surface area contributed by atoms with Gasteiger partial charge in [0.25, 0.3) is 0 Å². The Morgan fingerprint density at radius 1 is 1.06 bits per heavy atom. The molecule has 17 heavy (non-hydrogen) atoms. The molecule has 0 atom stereocenters. The van der Waals surface area contributed by atoms with E-state index in [4.69, 9.17) is 0 Å². The third kappa shape index (κ3) is 5.06. The Morgan fingerprint density at radius 2 is 1.71 bits per heavy atom. The predicted octanol–water partition coefficient (Wildman–Crippen LogP) is 1.36. The molecule has 0 aromatic carbocycles. The highest BCUT2D eigenvalue weighted by atomic mass is 32.2. The SMILES string of the molecule is O=S1CCN(CCNC2CCCCCC2)CC1. The van der Waals surface area contributed by atoms with E-state index in [0.717, 1.165) is 43.7 Å². The zero-order chi connectivity index (χ0) is 11.9. The summed E-state index contributed by atoms with van der Waals surface area (Å²) in [6.07, 6.45) is 8.39. The van der Waals surface area contributed by atoms with Crippen LogP contribution in [0.2, 0.25) is 0 Å². The molecule has 1 aliphatic heterocycles. The van der Waals surface area contributed by atoms with Crippen LogP contribution in [0.15, 0.2) is 0 Å². The summed E-state index contributed by atoms with van der Waals surface area (Å²) in [5, 5.41) is 3.70. The van der Waals surface area contributed by atoms with Gasteiger partial charge in [0.05, 0.1) is 0 Å². The molecule has 1 saturated carbocycles. The smallest absolute Gasteiger partial charge is 0.0363 e. The lowest BCUT2D eigenvalue weighted by molar-refractivity contribution is 0.289. The first kappa shape index (κ1) is 13.5. The molecule has 3 nitrogen and oxygen atoms in total. The van der Waals surface area contributed by atoms with Crippen molar-refractivity contribution < 1.29 is 4.21 Å². The molecule has 1 heterocycles. The molecule has 2 fully saturated rings. The van der Waals surface area contributed by atoms with Gasteiger partial charge in [-0.15, -0.1) is 0 Å². The van der Waals surface area contributed by atoms with E-state index in [9.17, 15) is 4.21 Å². The third-order valence-electron chi connectivity index (χ3n) is 3.99. The van der Waals surface area contributed by atoms with Crippen LogP contribution in [0.1, 0.15) is 38.5 Å². The number of nitrogens with one attached hydrogen (secondary N) is 1. The van der Waals surface area contributed by atoms with Crippen LogP contribution in [0, 0.1) is 0 Å².